The topological polar surface area (TPSA) is 88.2 Å². The first kappa shape index (κ1) is 33.3. The normalized spacial score (nSPS) is 15.4. The van der Waals surface area contributed by atoms with Crippen LogP contribution in [-0.2, 0) is 23.9 Å². The van der Waals surface area contributed by atoms with Crippen molar-refractivity contribution in [3.05, 3.63) is 41.7 Å². The number of methoxy groups -OCH3 is 1. The Hall–Kier alpha value is -2.87. The summed E-state index contributed by atoms with van der Waals surface area (Å²) >= 11 is 0. The van der Waals surface area contributed by atoms with Crippen molar-refractivity contribution in [2.45, 2.75) is 91.5 Å². The number of ether oxygens (including phenoxy) is 2. The molecule has 1 aliphatic heterocycles. The molecule has 2 amide bonds. The average Bonchev–Trinajstić information content (AvgIpc) is 2.94. The molecule has 1 unspecified atom stereocenters. The van der Waals surface area contributed by atoms with Crippen molar-refractivity contribution in [3.8, 4) is 0 Å². The van der Waals surface area contributed by atoms with E-state index in [1.54, 1.807) is 14.0 Å². The number of likely N-dealkylation sites (tertiary alicyclic amines) is 1. The largest absolute Gasteiger partial charge is 0.491 e. The van der Waals surface area contributed by atoms with Crippen LogP contribution in [0.15, 0.2) is 36.1 Å². The number of benzene rings is 1. The van der Waals surface area contributed by atoms with E-state index in [0.29, 0.717) is 44.1 Å². The summed E-state index contributed by atoms with van der Waals surface area (Å²) in [5.74, 6) is 0.492. The number of hydrogen-bond acceptors (Lipinski definition) is 6. The number of aryl methyl sites for hydroxylation is 1. The van der Waals surface area contributed by atoms with Crippen LogP contribution in [0.3, 0.4) is 0 Å². The van der Waals surface area contributed by atoms with Crippen LogP contribution in [0.2, 0.25) is 0 Å². The van der Waals surface area contributed by atoms with Crippen LogP contribution < -0.4 is 10.2 Å². The van der Waals surface area contributed by atoms with Gasteiger partial charge in [-0.1, -0.05) is 44.4 Å². The second-order valence-electron chi connectivity index (χ2n) is 10.7. The zero-order valence-electron chi connectivity index (χ0n) is 25.4. The molecular weight excluding hydrogens is 506 g/mol. The van der Waals surface area contributed by atoms with Gasteiger partial charge < -0.3 is 24.6 Å². The molecule has 0 bridgehead atoms. The zero-order valence-corrected chi connectivity index (χ0v) is 25.4. The third-order valence-electron chi connectivity index (χ3n) is 7.48. The van der Waals surface area contributed by atoms with Gasteiger partial charge in [-0.2, -0.15) is 0 Å². The van der Waals surface area contributed by atoms with E-state index in [-0.39, 0.29) is 23.8 Å². The molecule has 8 heteroatoms. The number of esters is 1. The van der Waals surface area contributed by atoms with Crippen molar-refractivity contribution in [1.29, 1.82) is 0 Å². The Balaban J connectivity index is 1.89. The van der Waals surface area contributed by atoms with Crippen LogP contribution in [0.25, 0.3) is 0 Å². The molecule has 0 spiro atoms. The van der Waals surface area contributed by atoms with Crippen molar-refractivity contribution in [2.24, 2.45) is 5.92 Å². The lowest BCUT2D eigenvalue weighted by Crippen LogP contribution is -2.48. The van der Waals surface area contributed by atoms with Gasteiger partial charge in [0.15, 0.2) is 5.76 Å². The molecular formula is C32H51N3O5. The van der Waals surface area contributed by atoms with E-state index >= 15 is 0 Å². The Bertz CT molecular complexity index is 938. The fraction of sp³-hybridized carbons (Fsp3) is 0.656. The fourth-order valence-corrected chi connectivity index (χ4v) is 5.31. The first-order chi connectivity index (χ1) is 19.3. The number of rotatable bonds is 17. The molecule has 2 rings (SSSR count). The van der Waals surface area contributed by atoms with Gasteiger partial charge in [0.05, 0.1) is 13.7 Å². The second-order valence-corrected chi connectivity index (χ2v) is 10.7. The number of carbonyl (C=O) groups excluding carboxylic acids is 3. The van der Waals surface area contributed by atoms with Gasteiger partial charge in [0.1, 0.15) is 0 Å². The Labute approximate surface area is 241 Å². The van der Waals surface area contributed by atoms with E-state index in [2.05, 4.69) is 17.1 Å². The summed E-state index contributed by atoms with van der Waals surface area (Å²) in [6, 6.07) is 8.25. The van der Waals surface area contributed by atoms with Gasteiger partial charge in [-0.05, 0) is 76.6 Å². The van der Waals surface area contributed by atoms with E-state index < -0.39 is 0 Å². The SMILES string of the molecule is CC/C=C(\OC)C(=O)N(c1ccc(C)cc1)C1CCN(CCC(CCC)CC(=O)NCCCC(=O)OCC)CC1. The molecule has 1 aromatic rings. The summed E-state index contributed by atoms with van der Waals surface area (Å²) in [5, 5.41) is 2.97. The monoisotopic (exact) mass is 557 g/mol. The number of amides is 2. The summed E-state index contributed by atoms with van der Waals surface area (Å²) in [5.41, 5.74) is 2.07. The fourth-order valence-electron chi connectivity index (χ4n) is 5.31. The molecule has 0 aromatic heterocycles. The average molecular weight is 558 g/mol. The van der Waals surface area contributed by atoms with Crippen molar-refractivity contribution in [1.82, 2.24) is 10.2 Å². The van der Waals surface area contributed by atoms with E-state index in [9.17, 15) is 14.4 Å². The Morgan fingerprint density at radius 2 is 1.80 bits per heavy atom. The summed E-state index contributed by atoms with van der Waals surface area (Å²) in [6.07, 6.45) is 8.85. The van der Waals surface area contributed by atoms with Crippen LogP contribution in [0.4, 0.5) is 5.69 Å². The molecule has 1 fully saturated rings. The van der Waals surface area contributed by atoms with Crippen molar-refractivity contribution < 1.29 is 23.9 Å². The molecule has 1 aromatic carbocycles. The van der Waals surface area contributed by atoms with Crippen LogP contribution in [0.1, 0.15) is 84.1 Å². The van der Waals surface area contributed by atoms with E-state index in [1.165, 1.54) is 0 Å². The first-order valence-corrected chi connectivity index (χ1v) is 15.1. The molecule has 1 aliphatic rings. The van der Waals surface area contributed by atoms with Gasteiger partial charge in [-0.25, -0.2) is 0 Å². The summed E-state index contributed by atoms with van der Waals surface area (Å²) in [4.78, 5) is 41.9. The van der Waals surface area contributed by atoms with Crippen LogP contribution in [0, 0.1) is 12.8 Å². The highest BCUT2D eigenvalue weighted by molar-refractivity contribution is 6.04. The molecule has 8 nitrogen and oxygen atoms in total. The maximum atomic E-state index is 13.5. The number of piperidine rings is 1. The van der Waals surface area contributed by atoms with Gasteiger partial charge >= 0.3 is 5.97 Å². The Kier molecular flexibility index (Phi) is 15.4. The maximum absolute atomic E-state index is 13.5. The standard InChI is InChI=1S/C32H51N3O5/c1-6-10-26(24-30(36)33-20-9-12-31(37)40-8-3)17-21-34-22-18-28(19-23-34)35(27-15-13-25(4)14-16-27)32(38)29(39-5)11-7-2/h11,13-16,26,28H,6-10,12,17-24H2,1-5H3,(H,33,36)/b29-11-. The summed E-state index contributed by atoms with van der Waals surface area (Å²) in [7, 11) is 1.56. The predicted octanol–water partition coefficient (Wildman–Crippen LogP) is 5.39. The number of nitrogens with zero attached hydrogens (tertiary/aromatic N) is 2. The number of anilines is 1. The molecule has 224 valence electrons. The zero-order chi connectivity index (χ0) is 29.3. The van der Waals surface area contributed by atoms with Gasteiger partial charge in [-0.15, -0.1) is 0 Å². The highest BCUT2D eigenvalue weighted by atomic mass is 16.5. The van der Waals surface area contributed by atoms with Gasteiger partial charge in [0.2, 0.25) is 5.91 Å². The predicted molar refractivity (Wildman–Crippen MR) is 160 cm³/mol. The lowest BCUT2D eigenvalue weighted by molar-refractivity contribution is -0.143. The first-order valence-electron chi connectivity index (χ1n) is 15.1. The van der Waals surface area contributed by atoms with Crippen molar-refractivity contribution in [3.63, 3.8) is 0 Å². The van der Waals surface area contributed by atoms with Crippen LogP contribution in [0.5, 0.6) is 0 Å². The van der Waals surface area contributed by atoms with E-state index in [0.717, 1.165) is 69.4 Å². The minimum Gasteiger partial charge on any atom is -0.491 e. The molecule has 0 aliphatic carbocycles. The minimum atomic E-state index is -0.215. The van der Waals surface area contributed by atoms with Crippen LogP contribution >= 0.6 is 0 Å². The Morgan fingerprint density at radius 1 is 1.10 bits per heavy atom. The van der Waals surface area contributed by atoms with Crippen LogP contribution in [-0.4, -0.2) is 68.6 Å². The highest BCUT2D eigenvalue weighted by Gasteiger charge is 2.31. The van der Waals surface area contributed by atoms with Gasteiger partial charge in [0, 0.05) is 44.2 Å². The molecule has 0 saturated carbocycles. The van der Waals surface area contributed by atoms with Gasteiger partial charge in [0.25, 0.3) is 5.91 Å². The molecule has 0 radical (unpaired) electrons. The number of nitrogens with one attached hydrogen (secondary N) is 1. The quantitative estimate of drug-likeness (QED) is 0.120. The molecule has 1 atom stereocenters. The smallest absolute Gasteiger partial charge is 0.305 e. The molecule has 40 heavy (non-hydrogen) atoms. The highest BCUT2D eigenvalue weighted by Crippen LogP contribution is 2.27. The number of carbonyl (C=O) groups is 3. The third-order valence-corrected chi connectivity index (χ3v) is 7.48. The van der Waals surface area contributed by atoms with E-state index in [1.807, 2.05) is 49.1 Å². The van der Waals surface area contributed by atoms with Gasteiger partial charge in [-0.3, -0.25) is 14.4 Å². The Morgan fingerprint density at radius 3 is 2.40 bits per heavy atom. The lowest BCUT2D eigenvalue weighted by Gasteiger charge is -2.39. The number of hydrogen-bond donors (Lipinski definition) is 1. The summed E-state index contributed by atoms with van der Waals surface area (Å²) in [6.45, 7) is 11.7. The third kappa shape index (κ3) is 11.3. The molecule has 1 saturated heterocycles. The van der Waals surface area contributed by atoms with Crippen molar-refractivity contribution in [2.75, 3.05) is 44.8 Å². The maximum Gasteiger partial charge on any atom is 0.305 e. The van der Waals surface area contributed by atoms with Crippen molar-refractivity contribution >= 4 is 23.5 Å². The lowest BCUT2D eigenvalue weighted by atomic mass is 9.94. The molecule has 1 heterocycles. The summed E-state index contributed by atoms with van der Waals surface area (Å²) < 4.78 is 10.4. The number of allylic oxidation sites excluding steroid dienone is 1. The van der Waals surface area contributed by atoms with E-state index in [4.69, 9.17) is 9.47 Å². The minimum absolute atomic E-state index is 0.0577. The molecule has 1 N–H and O–H groups in total. The second kappa shape index (κ2) is 18.5.